The summed E-state index contributed by atoms with van der Waals surface area (Å²) in [6, 6.07) is 6.62. The molecular weight excluding hydrogens is 222 g/mol. The fraction of sp³-hybridized carbons (Fsp3) is 0.333. The van der Waals surface area contributed by atoms with Crippen LogP contribution >= 0.6 is 0 Å². The largest absolute Gasteiger partial charge is 0.497 e. The molecule has 0 radical (unpaired) electrons. The molecule has 1 rings (SSSR count). The van der Waals surface area contributed by atoms with Gasteiger partial charge in [-0.05, 0) is 17.7 Å². The van der Waals surface area contributed by atoms with Crippen molar-refractivity contribution in [3.63, 3.8) is 0 Å². The van der Waals surface area contributed by atoms with Gasteiger partial charge in [0.2, 0.25) is 6.41 Å². The zero-order chi connectivity index (χ0) is 12.7. The van der Waals surface area contributed by atoms with E-state index < -0.39 is 12.0 Å². The molecule has 0 unspecified atom stereocenters. The maximum absolute atomic E-state index is 11.4. The molecule has 0 bridgehead atoms. The van der Waals surface area contributed by atoms with Crippen molar-refractivity contribution in [2.45, 2.75) is 12.5 Å². The molecule has 5 nitrogen and oxygen atoms in total. The highest BCUT2D eigenvalue weighted by molar-refractivity contribution is 5.78. The van der Waals surface area contributed by atoms with Crippen LogP contribution in [-0.4, -0.2) is 32.6 Å². The van der Waals surface area contributed by atoms with Gasteiger partial charge in [-0.3, -0.25) is 4.79 Å². The van der Waals surface area contributed by atoms with Crippen LogP contribution in [0, 0.1) is 0 Å². The fourth-order valence-corrected chi connectivity index (χ4v) is 1.47. The maximum atomic E-state index is 11.4. The Hall–Kier alpha value is -2.04. The van der Waals surface area contributed by atoms with Gasteiger partial charge < -0.3 is 14.8 Å². The molecule has 1 atom stereocenters. The average Bonchev–Trinajstić information content (AvgIpc) is 2.37. The first-order valence-electron chi connectivity index (χ1n) is 5.11. The van der Waals surface area contributed by atoms with Crippen molar-refractivity contribution in [1.29, 1.82) is 0 Å². The average molecular weight is 237 g/mol. The summed E-state index contributed by atoms with van der Waals surface area (Å²) < 4.78 is 9.68. The summed E-state index contributed by atoms with van der Waals surface area (Å²) in [7, 11) is 2.86. The van der Waals surface area contributed by atoms with E-state index in [0.29, 0.717) is 18.6 Å². The van der Waals surface area contributed by atoms with Crippen LogP contribution in [0.25, 0.3) is 0 Å². The third-order valence-corrected chi connectivity index (χ3v) is 2.33. The van der Waals surface area contributed by atoms with Crippen molar-refractivity contribution < 1.29 is 19.1 Å². The zero-order valence-electron chi connectivity index (χ0n) is 9.80. The lowest BCUT2D eigenvalue weighted by atomic mass is 10.1. The van der Waals surface area contributed by atoms with E-state index in [4.69, 9.17) is 4.74 Å². The quantitative estimate of drug-likeness (QED) is 0.579. The highest BCUT2D eigenvalue weighted by atomic mass is 16.5. The van der Waals surface area contributed by atoms with Crippen LogP contribution < -0.4 is 10.1 Å². The second-order valence-electron chi connectivity index (χ2n) is 3.42. The molecule has 1 aromatic rings. The molecular formula is C12H15NO4. The van der Waals surface area contributed by atoms with Gasteiger partial charge in [-0.1, -0.05) is 12.1 Å². The van der Waals surface area contributed by atoms with E-state index in [1.54, 1.807) is 7.11 Å². The summed E-state index contributed by atoms with van der Waals surface area (Å²) >= 11 is 0. The van der Waals surface area contributed by atoms with Crippen LogP contribution in [0.3, 0.4) is 0 Å². The first-order valence-corrected chi connectivity index (χ1v) is 5.11. The van der Waals surface area contributed by atoms with Gasteiger partial charge in [-0.15, -0.1) is 0 Å². The molecule has 1 N–H and O–H groups in total. The Labute approximate surface area is 99.7 Å². The van der Waals surface area contributed by atoms with E-state index in [9.17, 15) is 9.59 Å². The topological polar surface area (TPSA) is 64.6 Å². The number of hydrogen-bond acceptors (Lipinski definition) is 4. The highest BCUT2D eigenvalue weighted by Gasteiger charge is 2.18. The minimum Gasteiger partial charge on any atom is -0.497 e. The van der Waals surface area contributed by atoms with Crippen molar-refractivity contribution in [3.8, 4) is 5.75 Å². The zero-order valence-corrected chi connectivity index (χ0v) is 9.80. The lowest BCUT2D eigenvalue weighted by Gasteiger charge is -2.13. The molecule has 1 aromatic carbocycles. The second-order valence-corrected chi connectivity index (χ2v) is 3.42. The predicted molar refractivity (Wildman–Crippen MR) is 61.7 cm³/mol. The fourth-order valence-electron chi connectivity index (χ4n) is 1.47. The van der Waals surface area contributed by atoms with Gasteiger partial charge in [0.05, 0.1) is 14.2 Å². The number of carbonyl (C=O) groups is 2. The van der Waals surface area contributed by atoms with E-state index >= 15 is 0 Å². The van der Waals surface area contributed by atoms with Crippen LogP contribution in [0.1, 0.15) is 5.56 Å². The van der Waals surface area contributed by atoms with Crippen molar-refractivity contribution in [2.75, 3.05) is 14.2 Å². The molecule has 0 spiro atoms. The molecule has 0 saturated carbocycles. The van der Waals surface area contributed by atoms with Gasteiger partial charge in [0, 0.05) is 6.42 Å². The summed E-state index contributed by atoms with van der Waals surface area (Å²) in [6.45, 7) is 0. The van der Waals surface area contributed by atoms with E-state index in [1.807, 2.05) is 24.3 Å². The summed E-state index contributed by atoms with van der Waals surface area (Å²) in [6.07, 6.45) is 0.852. The van der Waals surface area contributed by atoms with Crippen LogP contribution in [0.5, 0.6) is 5.75 Å². The molecule has 0 fully saturated rings. The second kappa shape index (κ2) is 6.52. The lowest BCUT2D eigenvalue weighted by Crippen LogP contribution is -2.38. The Bertz CT molecular complexity index is 392. The molecule has 1 amide bonds. The van der Waals surface area contributed by atoms with Crippen LogP contribution in [0.4, 0.5) is 0 Å². The smallest absolute Gasteiger partial charge is 0.328 e. The third kappa shape index (κ3) is 3.79. The SMILES string of the molecule is COC(=O)[C@H](Cc1cccc(OC)c1)NC=O. The molecule has 5 heteroatoms. The normalized spacial score (nSPS) is 11.4. The van der Waals surface area contributed by atoms with E-state index in [1.165, 1.54) is 7.11 Å². The Balaban J connectivity index is 2.77. The molecule has 92 valence electrons. The number of carbonyl (C=O) groups excluding carboxylic acids is 2. The van der Waals surface area contributed by atoms with Crippen molar-refractivity contribution in [2.24, 2.45) is 0 Å². The van der Waals surface area contributed by atoms with E-state index in [0.717, 1.165) is 5.56 Å². The predicted octanol–water partition coefficient (Wildman–Crippen LogP) is 0.525. The standard InChI is InChI=1S/C12H15NO4/c1-16-10-5-3-4-9(6-10)7-11(13-8-14)12(15)17-2/h3-6,8,11H,7H2,1-2H3,(H,13,14)/t11-/m0/s1. The van der Waals surface area contributed by atoms with E-state index in [2.05, 4.69) is 10.1 Å². The third-order valence-electron chi connectivity index (χ3n) is 2.33. The van der Waals surface area contributed by atoms with Gasteiger partial charge in [0.25, 0.3) is 0 Å². The molecule has 0 aromatic heterocycles. The number of amides is 1. The summed E-state index contributed by atoms with van der Waals surface area (Å²) in [4.78, 5) is 21.8. The Morgan fingerprint density at radius 1 is 1.47 bits per heavy atom. The summed E-state index contributed by atoms with van der Waals surface area (Å²) in [5, 5.41) is 2.42. The van der Waals surface area contributed by atoms with Gasteiger partial charge >= 0.3 is 5.97 Å². The number of benzene rings is 1. The Morgan fingerprint density at radius 2 is 2.24 bits per heavy atom. The molecule has 17 heavy (non-hydrogen) atoms. The Morgan fingerprint density at radius 3 is 2.82 bits per heavy atom. The van der Waals surface area contributed by atoms with Gasteiger partial charge in [0.15, 0.2) is 0 Å². The number of rotatable bonds is 6. The van der Waals surface area contributed by atoms with Crippen molar-refractivity contribution >= 4 is 12.4 Å². The lowest BCUT2D eigenvalue weighted by molar-refractivity contribution is -0.144. The summed E-state index contributed by atoms with van der Waals surface area (Å²) in [5.74, 6) is 0.233. The monoisotopic (exact) mass is 237 g/mol. The number of methoxy groups -OCH3 is 2. The number of hydrogen-bond donors (Lipinski definition) is 1. The molecule has 0 aliphatic carbocycles. The van der Waals surface area contributed by atoms with Crippen LogP contribution in [-0.2, 0) is 20.7 Å². The van der Waals surface area contributed by atoms with Crippen molar-refractivity contribution in [3.05, 3.63) is 29.8 Å². The molecule has 0 saturated heterocycles. The Kier molecular flexibility index (Phi) is 5.00. The summed E-state index contributed by atoms with van der Waals surface area (Å²) in [5.41, 5.74) is 0.883. The number of ether oxygens (including phenoxy) is 2. The van der Waals surface area contributed by atoms with Gasteiger partial charge in [-0.25, -0.2) is 4.79 Å². The number of nitrogens with one attached hydrogen (secondary N) is 1. The molecule has 0 aliphatic rings. The van der Waals surface area contributed by atoms with Gasteiger partial charge in [-0.2, -0.15) is 0 Å². The minimum atomic E-state index is -0.676. The molecule has 0 heterocycles. The van der Waals surface area contributed by atoms with Gasteiger partial charge in [0.1, 0.15) is 11.8 Å². The van der Waals surface area contributed by atoms with E-state index in [-0.39, 0.29) is 0 Å². The maximum Gasteiger partial charge on any atom is 0.328 e. The highest BCUT2D eigenvalue weighted by Crippen LogP contribution is 2.14. The van der Waals surface area contributed by atoms with Crippen molar-refractivity contribution in [1.82, 2.24) is 5.32 Å². The molecule has 0 aliphatic heterocycles. The minimum absolute atomic E-state index is 0.364. The van der Waals surface area contributed by atoms with Crippen LogP contribution in [0.2, 0.25) is 0 Å². The first-order chi connectivity index (χ1) is 8.21. The number of esters is 1. The van der Waals surface area contributed by atoms with Crippen LogP contribution in [0.15, 0.2) is 24.3 Å². The first kappa shape index (κ1) is 13.0.